The third kappa shape index (κ3) is 4.75. The first kappa shape index (κ1) is 16.9. The minimum absolute atomic E-state index is 0.678. The summed E-state index contributed by atoms with van der Waals surface area (Å²) in [4.78, 5) is 0. The fourth-order valence-electron chi connectivity index (χ4n) is 2.27. The molecule has 1 nitrogen and oxygen atoms in total. The van der Waals surface area contributed by atoms with Crippen LogP contribution in [0.2, 0.25) is 5.02 Å². The molecule has 0 saturated carbocycles. The van der Waals surface area contributed by atoms with E-state index in [4.69, 9.17) is 11.6 Å². The van der Waals surface area contributed by atoms with Crippen molar-refractivity contribution < 1.29 is 5.11 Å². The van der Waals surface area contributed by atoms with Crippen LogP contribution >= 0.6 is 11.6 Å². The average molecular weight is 343 g/mol. The summed E-state index contributed by atoms with van der Waals surface area (Å²) in [6.07, 6.45) is -0.893. The molecule has 25 heavy (non-hydrogen) atoms. The molecule has 2 heteroatoms. The monoisotopic (exact) mass is 342 g/mol. The van der Waals surface area contributed by atoms with Gasteiger partial charge in [-0.2, -0.15) is 0 Å². The standard InChI is InChI=1S/C23H15ClO/c24-21-15-11-19(12-16-21)10-14-20-8-4-5-9-22(20)23(25)17-13-18-6-2-1-3-7-18/h1-9,11-12,15-16,23,25H. The number of aliphatic hydroxyl groups excluding tert-OH is 1. The van der Waals surface area contributed by atoms with Crippen molar-refractivity contribution in [2.24, 2.45) is 0 Å². The predicted octanol–water partition coefficient (Wildman–Crippen LogP) is 4.82. The van der Waals surface area contributed by atoms with Gasteiger partial charge < -0.3 is 5.11 Å². The quantitative estimate of drug-likeness (QED) is 0.628. The molecule has 0 bridgehead atoms. The van der Waals surface area contributed by atoms with Crippen LogP contribution in [-0.4, -0.2) is 5.11 Å². The van der Waals surface area contributed by atoms with Crippen LogP contribution in [0.1, 0.15) is 28.4 Å². The smallest absolute Gasteiger partial charge is 0.141 e. The largest absolute Gasteiger partial charge is 0.376 e. The van der Waals surface area contributed by atoms with Crippen molar-refractivity contribution in [3.8, 4) is 23.7 Å². The van der Waals surface area contributed by atoms with E-state index in [9.17, 15) is 5.11 Å². The van der Waals surface area contributed by atoms with Crippen LogP contribution in [0.3, 0.4) is 0 Å². The zero-order valence-corrected chi connectivity index (χ0v) is 14.2. The van der Waals surface area contributed by atoms with E-state index in [-0.39, 0.29) is 0 Å². The molecule has 0 amide bonds. The van der Waals surface area contributed by atoms with Gasteiger partial charge in [0.05, 0.1) is 0 Å². The first-order valence-electron chi connectivity index (χ1n) is 7.83. The van der Waals surface area contributed by atoms with Crippen LogP contribution in [0.25, 0.3) is 0 Å². The molecule has 0 aliphatic carbocycles. The summed E-state index contributed by atoms with van der Waals surface area (Å²) in [7, 11) is 0. The van der Waals surface area contributed by atoms with Gasteiger partial charge in [-0.25, -0.2) is 0 Å². The van der Waals surface area contributed by atoms with Crippen molar-refractivity contribution in [2.45, 2.75) is 6.10 Å². The SMILES string of the molecule is OC(C#Cc1ccccc1)c1ccccc1C#Cc1ccc(Cl)cc1. The molecule has 0 aromatic heterocycles. The Kier molecular flexibility index (Phi) is 5.55. The van der Waals surface area contributed by atoms with Gasteiger partial charge in [-0.1, -0.05) is 71.7 Å². The number of halogens is 1. The van der Waals surface area contributed by atoms with Gasteiger partial charge in [-0.3, -0.25) is 0 Å². The summed E-state index contributed by atoms with van der Waals surface area (Å²) in [5.74, 6) is 12.1. The highest BCUT2D eigenvalue weighted by Crippen LogP contribution is 2.17. The molecule has 1 unspecified atom stereocenters. The number of hydrogen-bond donors (Lipinski definition) is 1. The molecule has 0 saturated heterocycles. The molecule has 120 valence electrons. The highest BCUT2D eigenvalue weighted by molar-refractivity contribution is 6.30. The Balaban J connectivity index is 1.86. The first-order chi connectivity index (χ1) is 12.2. The van der Waals surface area contributed by atoms with E-state index >= 15 is 0 Å². The lowest BCUT2D eigenvalue weighted by Gasteiger charge is -2.06. The second-order valence-corrected chi connectivity index (χ2v) is 5.82. The van der Waals surface area contributed by atoms with E-state index in [1.54, 1.807) is 12.1 Å². The average Bonchev–Trinajstić information content (AvgIpc) is 2.67. The summed E-state index contributed by atoms with van der Waals surface area (Å²) < 4.78 is 0. The zero-order valence-electron chi connectivity index (χ0n) is 13.4. The van der Waals surface area contributed by atoms with Gasteiger partial charge in [0.15, 0.2) is 0 Å². The van der Waals surface area contributed by atoms with E-state index in [2.05, 4.69) is 23.7 Å². The third-order valence-electron chi connectivity index (χ3n) is 3.57. The Labute approximate surface area is 152 Å². The Hall–Kier alpha value is -2.97. The van der Waals surface area contributed by atoms with Gasteiger partial charge in [0.25, 0.3) is 0 Å². The lowest BCUT2D eigenvalue weighted by Crippen LogP contribution is -1.97. The van der Waals surface area contributed by atoms with Crippen LogP contribution in [0.4, 0.5) is 0 Å². The summed E-state index contributed by atoms with van der Waals surface area (Å²) >= 11 is 5.88. The first-order valence-corrected chi connectivity index (χ1v) is 8.21. The number of hydrogen-bond acceptors (Lipinski definition) is 1. The van der Waals surface area contributed by atoms with E-state index in [0.717, 1.165) is 16.7 Å². The van der Waals surface area contributed by atoms with Gasteiger partial charge in [-0.05, 0) is 42.5 Å². The predicted molar refractivity (Wildman–Crippen MR) is 102 cm³/mol. The second kappa shape index (κ2) is 8.22. The Morgan fingerprint density at radius 1 is 0.680 bits per heavy atom. The maximum atomic E-state index is 10.4. The van der Waals surface area contributed by atoms with E-state index < -0.39 is 6.10 Å². The molecule has 0 spiro atoms. The highest BCUT2D eigenvalue weighted by Gasteiger charge is 2.07. The van der Waals surface area contributed by atoms with E-state index in [1.807, 2.05) is 66.7 Å². The third-order valence-corrected chi connectivity index (χ3v) is 3.82. The molecular weight excluding hydrogens is 328 g/mol. The number of aliphatic hydroxyl groups is 1. The van der Waals surface area contributed by atoms with Gasteiger partial charge >= 0.3 is 0 Å². The van der Waals surface area contributed by atoms with Gasteiger partial charge in [0.1, 0.15) is 6.10 Å². The highest BCUT2D eigenvalue weighted by atomic mass is 35.5. The van der Waals surface area contributed by atoms with E-state index in [0.29, 0.717) is 10.6 Å². The van der Waals surface area contributed by atoms with Crippen LogP contribution in [0.15, 0.2) is 78.9 Å². The molecule has 3 aromatic rings. The maximum absolute atomic E-state index is 10.4. The van der Waals surface area contributed by atoms with Gasteiger partial charge in [0, 0.05) is 27.3 Å². The second-order valence-electron chi connectivity index (χ2n) is 5.38. The number of benzene rings is 3. The Morgan fingerprint density at radius 2 is 1.32 bits per heavy atom. The molecule has 0 heterocycles. The van der Waals surface area contributed by atoms with Crippen molar-refractivity contribution in [1.29, 1.82) is 0 Å². The minimum atomic E-state index is -0.893. The summed E-state index contributed by atoms with van der Waals surface area (Å²) in [5.41, 5.74) is 3.19. The van der Waals surface area contributed by atoms with Crippen molar-refractivity contribution in [1.82, 2.24) is 0 Å². The molecule has 0 fully saturated rings. The minimum Gasteiger partial charge on any atom is -0.376 e. The van der Waals surface area contributed by atoms with Crippen molar-refractivity contribution in [2.75, 3.05) is 0 Å². The molecule has 3 aromatic carbocycles. The molecular formula is C23H15ClO. The lowest BCUT2D eigenvalue weighted by molar-refractivity contribution is 0.238. The summed E-state index contributed by atoms with van der Waals surface area (Å²) in [6, 6.07) is 24.4. The zero-order chi connectivity index (χ0) is 17.5. The van der Waals surface area contributed by atoms with Crippen molar-refractivity contribution in [3.05, 3.63) is 106 Å². The van der Waals surface area contributed by atoms with Gasteiger partial charge in [0.2, 0.25) is 0 Å². The fraction of sp³-hybridized carbons (Fsp3) is 0.0435. The molecule has 0 aliphatic rings. The van der Waals surface area contributed by atoms with Crippen LogP contribution in [0, 0.1) is 23.7 Å². The summed E-state index contributed by atoms with van der Waals surface area (Å²) in [6.45, 7) is 0. The maximum Gasteiger partial charge on any atom is 0.141 e. The topological polar surface area (TPSA) is 20.2 Å². The van der Waals surface area contributed by atoms with E-state index in [1.165, 1.54) is 0 Å². The normalized spacial score (nSPS) is 10.8. The molecule has 1 N–H and O–H groups in total. The molecule has 1 atom stereocenters. The van der Waals surface area contributed by atoms with Crippen LogP contribution in [0.5, 0.6) is 0 Å². The van der Waals surface area contributed by atoms with Gasteiger partial charge in [-0.15, -0.1) is 0 Å². The lowest BCUT2D eigenvalue weighted by atomic mass is 10.0. The Bertz CT molecular complexity index is 968. The summed E-state index contributed by atoms with van der Waals surface area (Å²) in [5, 5.41) is 11.1. The molecule has 0 aliphatic heterocycles. The fourth-order valence-corrected chi connectivity index (χ4v) is 2.40. The van der Waals surface area contributed by atoms with Crippen LogP contribution in [-0.2, 0) is 0 Å². The molecule has 3 rings (SSSR count). The molecule has 0 radical (unpaired) electrons. The van der Waals surface area contributed by atoms with Crippen LogP contribution < -0.4 is 0 Å². The number of rotatable bonds is 1. The van der Waals surface area contributed by atoms with Crippen molar-refractivity contribution in [3.63, 3.8) is 0 Å². The van der Waals surface area contributed by atoms with Crippen molar-refractivity contribution >= 4 is 11.6 Å². The Morgan fingerprint density at radius 3 is 2.08 bits per heavy atom.